The summed E-state index contributed by atoms with van der Waals surface area (Å²) in [5.74, 6) is -0.0403. The third-order valence-corrected chi connectivity index (χ3v) is 5.16. The van der Waals surface area contributed by atoms with Gasteiger partial charge in [0.05, 0.1) is 6.54 Å². The molecule has 0 bridgehead atoms. The standard InChI is InChI=1S/C13H12BrNOS2/c1-2-13(16)15(7-11-4-3-5-18-11)6-10-8-17-9-12(10)14/h2-5,8-9H,1,6-7H2. The van der Waals surface area contributed by atoms with Gasteiger partial charge in [-0.3, -0.25) is 4.79 Å². The van der Waals surface area contributed by atoms with Crippen molar-refractivity contribution in [3.63, 3.8) is 0 Å². The van der Waals surface area contributed by atoms with Gasteiger partial charge in [-0.15, -0.1) is 11.3 Å². The summed E-state index contributed by atoms with van der Waals surface area (Å²) in [7, 11) is 0. The fourth-order valence-corrected chi connectivity index (χ4v) is 3.70. The summed E-state index contributed by atoms with van der Waals surface area (Å²) in [6, 6.07) is 4.04. The number of hydrogen-bond acceptors (Lipinski definition) is 3. The predicted molar refractivity (Wildman–Crippen MR) is 80.8 cm³/mol. The van der Waals surface area contributed by atoms with Crippen LogP contribution in [0.2, 0.25) is 0 Å². The fourth-order valence-electron chi connectivity index (χ4n) is 1.56. The van der Waals surface area contributed by atoms with Crippen LogP contribution in [0.4, 0.5) is 0 Å². The Morgan fingerprint density at radius 3 is 2.83 bits per heavy atom. The van der Waals surface area contributed by atoms with Crippen LogP contribution in [-0.2, 0) is 17.9 Å². The van der Waals surface area contributed by atoms with Crippen LogP contribution in [0.15, 0.2) is 45.4 Å². The molecule has 18 heavy (non-hydrogen) atoms. The molecular formula is C13H12BrNOS2. The molecule has 0 fully saturated rings. The van der Waals surface area contributed by atoms with Crippen LogP contribution < -0.4 is 0 Å². The van der Waals surface area contributed by atoms with Gasteiger partial charge in [0.25, 0.3) is 0 Å². The first-order chi connectivity index (χ1) is 8.70. The highest BCUT2D eigenvalue weighted by molar-refractivity contribution is 9.10. The van der Waals surface area contributed by atoms with E-state index in [4.69, 9.17) is 0 Å². The van der Waals surface area contributed by atoms with Gasteiger partial charge in [-0.05, 0) is 44.4 Å². The Morgan fingerprint density at radius 1 is 1.44 bits per heavy atom. The zero-order chi connectivity index (χ0) is 13.0. The predicted octanol–water partition coefficient (Wildman–Crippen LogP) is 4.29. The number of carbonyl (C=O) groups is 1. The van der Waals surface area contributed by atoms with E-state index in [1.54, 1.807) is 27.6 Å². The molecule has 0 radical (unpaired) electrons. The van der Waals surface area contributed by atoms with Crippen LogP contribution in [0.3, 0.4) is 0 Å². The Morgan fingerprint density at radius 2 is 2.28 bits per heavy atom. The minimum Gasteiger partial charge on any atom is -0.330 e. The van der Waals surface area contributed by atoms with Crippen molar-refractivity contribution >= 4 is 44.5 Å². The largest absolute Gasteiger partial charge is 0.330 e. The number of rotatable bonds is 5. The number of hydrogen-bond donors (Lipinski definition) is 0. The molecule has 0 N–H and O–H groups in total. The van der Waals surface area contributed by atoms with Gasteiger partial charge in [0.2, 0.25) is 5.91 Å². The highest BCUT2D eigenvalue weighted by atomic mass is 79.9. The lowest BCUT2D eigenvalue weighted by Crippen LogP contribution is -2.27. The third-order valence-electron chi connectivity index (χ3n) is 2.46. The lowest BCUT2D eigenvalue weighted by molar-refractivity contribution is -0.127. The van der Waals surface area contributed by atoms with Crippen molar-refractivity contribution < 1.29 is 4.79 Å². The molecule has 0 saturated heterocycles. The minimum atomic E-state index is -0.0403. The molecule has 0 unspecified atom stereocenters. The molecule has 94 valence electrons. The molecule has 0 aliphatic heterocycles. The molecule has 2 rings (SSSR count). The van der Waals surface area contributed by atoms with E-state index in [-0.39, 0.29) is 5.91 Å². The van der Waals surface area contributed by atoms with Crippen LogP contribution in [0.25, 0.3) is 0 Å². The molecule has 0 saturated carbocycles. The first kappa shape index (κ1) is 13.5. The molecule has 0 aliphatic rings. The van der Waals surface area contributed by atoms with Gasteiger partial charge in [-0.1, -0.05) is 12.6 Å². The van der Waals surface area contributed by atoms with E-state index in [9.17, 15) is 4.79 Å². The van der Waals surface area contributed by atoms with Gasteiger partial charge in [0, 0.05) is 21.3 Å². The lowest BCUT2D eigenvalue weighted by Gasteiger charge is -2.20. The quantitative estimate of drug-likeness (QED) is 0.743. The third kappa shape index (κ3) is 3.31. The summed E-state index contributed by atoms with van der Waals surface area (Å²) < 4.78 is 1.06. The summed E-state index contributed by atoms with van der Waals surface area (Å²) >= 11 is 6.78. The van der Waals surface area contributed by atoms with E-state index >= 15 is 0 Å². The second kappa shape index (κ2) is 6.31. The second-order valence-corrected chi connectivity index (χ2v) is 6.35. The summed E-state index contributed by atoms with van der Waals surface area (Å²) in [6.45, 7) is 4.80. The Labute approximate surface area is 123 Å². The molecule has 0 atom stereocenters. The van der Waals surface area contributed by atoms with Crippen LogP contribution in [-0.4, -0.2) is 10.8 Å². The molecule has 2 aromatic rings. The van der Waals surface area contributed by atoms with Crippen molar-refractivity contribution in [1.82, 2.24) is 4.90 Å². The fraction of sp³-hybridized carbons (Fsp3) is 0.154. The molecule has 2 heterocycles. The first-order valence-corrected chi connectivity index (χ1v) is 7.96. The monoisotopic (exact) mass is 341 g/mol. The Bertz CT molecular complexity index is 533. The van der Waals surface area contributed by atoms with E-state index in [1.807, 2.05) is 22.9 Å². The average Bonchev–Trinajstić information content (AvgIpc) is 3.00. The van der Waals surface area contributed by atoms with Gasteiger partial charge >= 0.3 is 0 Å². The van der Waals surface area contributed by atoms with Gasteiger partial charge in [-0.2, -0.15) is 11.3 Å². The zero-order valence-corrected chi connectivity index (χ0v) is 12.9. The summed E-state index contributed by atoms with van der Waals surface area (Å²) in [5, 5.41) is 6.10. The highest BCUT2D eigenvalue weighted by Gasteiger charge is 2.14. The van der Waals surface area contributed by atoms with Gasteiger partial charge in [0.15, 0.2) is 0 Å². The van der Waals surface area contributed by atoms with Crippen molar-refractivity contribution in [1.29, 1.82) is 0 Å². The molecule has 1 amide bonds. The highest BCUT2D eigenvalue weighted by Crippen LogP contribution is 2.24. The summed E-state index contributed by atoms with van der Waals surface area (Å²) in [4.78, 5) is 14.9. The van der Waals surface area contributed by atoms with Crippen molar-refractivity contribution in [3.8, 4) is 0 Å². The van der Waals surface area contributed by atoms with Crippen LogP contribution in [0.1, 0.15) is 10.4 Å². The van der Waals surface area contributed by atoms with Crippen molar-refractivity contribution in [2.24, 2.45) is 0 Å². The molecule has 0 aliphatic carbocycles. The van der Waals surface area contributed by atoms with E-state index in [0.717, 1.165) is 10.0 Å². The maximum absolute atomic E-state index is 11.9. The van der Waals surface area contributed by atoms with Gasteiger partial charge in [0.1, 0.15) is 0 Å². The lowest BCUT2D eigenvalue weighted by atomic mass is 10.3. The summed E-state index contributed by atoms with van der Waals surface area (Å²) in [6.07, 6.45) is 1.37. The van der Waals surface area contributed by atoms with Crippen LogP contribution in [0.5, 0.6) is 0 Å². The summed E-state index contributed by atoms with van der Waals surface area (Å²) in [5.41, 5.74) is 1.13. The molecule has 2 nitrogen and oxygen atoms in total. The van der Waals surface area contributed by atoms with Crippen molar-refractivity contribution in [3.05, 3.63) is 55.8 Å². The normalized spacial score (nSPS) is 10.3. The van der Waals surface area contributed by atoms with E-state index < -0.39 is 0 Å². The van der Waals surface area contributed by atoms with Crippen LogP contribution in [0, 0.1) is 0 Å². The SMILES string of the molecule is C=CC(=O)N(Cc1cccs1)Cc1cscc1Br. The minimum absolute atomic E-state index is 0.0403. The van der Waals surface area contributed by atoms with Gasteiger partial charge < -0.3 is 4.90 Å². The molecule has 2 aromatic heterocycles. The molecular weight excluding hydrogens is 330 g/mol. The number of halogens is 1. The Hall–Kier alpha value is -0.910. The number of carbonyl (C=O) groups excluding carboxylic acids is 1. The van der Waals surface area contributed by atoms with E-state index in [0.29, 0.717) is 13.1 Å². The van der Waals surface area contributed by atoms with Gasteiger partial charge in [-0.25, -0.2) is 0 Å². The maximum atomic E-state index is 11.9. The average molecular weight is 342 g/mol. The van der Waals surface area contributed by atoms with Crippen molar-refractivity contribution in [2.45, 2.75) is 13.1 Å². The molecule has 0 aromatic carbocycles. The van der Waals surface area contributed by atoms with E-state index in [2.05, 4.69) is 27.9 Å². The number of thiophene rings is 2. The second-order valence-electron chi connectivity index (χ2n) is 3.72. The number of nitrogens with zero attached hydrogens (tertiary/aromatic N) is 1. The van der Waals surface area contributed by atoms with E-state index in [1.165, 1.54) is 11.0 Å². The smallest absolute Gasteiger partial charge is 0.246 e. The Balaban J connectivity index is 2.13. The van der Waals surface area contributed by atoms with Crippen molar-refractivity contribution in [2.75, 3.05) is 0 Å². The maximum Gasteiger partial charge on any atom is 0.246 e. The molecule has 0 spiro atoms. The zero-order valence-electron chi connectivity index (χ0n) is 9.64. The van der Waals surface area contributed by atoms with Crippen LogP contribution >= 0.6 is 38.6 Å². The molecule has 5 heteroatoms. The number of amides is 1. The first-order valence-electron chi connectivity index (χ1n) is 5.35. The topological polar surface area (TPSA) is 20.3 Å². The Kier molecular flexibility index (Phi) is 4.74.